The second-order valence-electron chi connectivity index (χ2n) is 5.74. The average molecular weight is 283 g/mol. The second kappa shape index (κ2) is 5.78. The van der Waals surface area contributed by atoms with Gasteiger partial charge >= 0.3 is 5.97 Å². The van der Waals surface area contributed by atoms with E-state index in [1.54, 1.807) is 0 Å². The van der Waals surface area contributed by atoms with E-state index >= 15 is 0 Å². The van der Waals surface area contributed by atoms with Crippen LogP contribution in [0, 0.1) is 5.41 Å². The second-order valence-corrected chi connectivity index (χ2v) is 5.74. The fourth-order valence-electron chi connectivity index (χ4n) is 2.91. The fraction of sp³-hybridized carbons (Fsp3) is 0.769. The monoisotopic (exact) mass is 283 g/mol. The van der Waals surface area contributed by atoms with Crippen LogP contribution in [0.25, 0.3) is 0 Å². The van der Waals surface area contributed by atoms with Crippen LogP contribution in [-0.2, 0) is 14.4 Å². The SMILES string of the molecule is CC1(C(=O)N2CCNC(=O)C2CC(=O)O)CCCNC1. The van der Waals surface area contributed by atoms with E-state index in [0.29, 0.717) is 19.6 Å². The molecule has 2 heterocycles. The van der Waals surface area contributed by atoms with Crippen LogP contribution < -0.4 is 10.6 Å². The Labute approximate surface area is 117 Å². The average Bonchev–Trinajstić information content (AvgIpc) is 2.41. The number of aliphatic carboxylic acids is 1. The van der Waals surface area contributed by atoms with Crippen LogP contribution in [0.1, 0.15) is 26.2 Å². The smallest absolute Gasteiger partial charge is 0.305 e. The molecule has 7 nitrogen and oxygen atoms in total. The summed E-state index contributed by atoms with van der Waals surface area (Å²) in [5.74, 6) is -1.57. The Morgan fingerprint density at radius 3 is 2.80 bits per heavy atom. The van der Waals surface area contributed by atoms with E-state index in [-0.39, 0.29) is 18.2 Å². The van der Waals surface area contributed by atoms with Gasteiger partial charge in [-0.15, -0.1) is 0 Å². The quantitative estimate of drug-likeness (QED) is 0.628. The van der Waals surface area contributed by atoms with Gasteiger partial charge in [-0.05, 0) is 26.3 Å². The Balaban J connectivity index is 2.16. The van der Waals surface area contributed by atoms with Crippen LogP contribution >= 0.6 is 0 Å². The minimum atomic E-state index is -1.07. The van der Waals surface area contributed by atoms with Crippen molar-refractivity contribution in [1.29, 1.82) is 0 Å². The summed E-state index contributed by atoms with van der Waals surface area (Å²) in [6.07, 6.45) is 1.32. The zero-order valence-electron chi connectivity index (χ0n) is 11.6. The van der Waals surface area contributed by atoms with Gasteiger partial charge in [-0.2, -0.15) is 0 Å². The van der Waals surface area contributed by atoms with Crippen LogP contribution in [0.2, 0.25) is 0 Å². The van der Waals surface area contributed by atoms with E-state index in [1.165, 1.54) is 4.90 Å². The van der Waals surface area contributed by atoms with Crippen molar-refractivity contribution in [3.8, 4) is 0 Å². The van der Waals surface area contributed by atoms with Gasteiger partial charge < -0.3 is 20.6 Å². The highest BCUT2D eigenvalue weighted by Gasteiger charge is 2.43. The molecule has 0 bridgehead atoms. The van der Waals surface area contributed by atoms with Gasteiger partial charge in [-0.1, -0.05) is 0 Å². The lowest BCUT2D eigenvalue weighted by Gasteiger charge is -2.42. The van der Waals surface area contributed by atoms with Crippen molar-refractivity contribution < 1.29 is 19.5 Å². The normalized spacial score (nSPS) is 30.8. The van der Waals surface area contributed by atoms with E-state index in [2.05, 4.69) is 10.6 Å². The first-order chi connectivity index (χ1) is 9.44. The molecule has 3 N–H and O–H groups in total. The standard InChI is InChI=1S/C13H21N3O4/c1-13(3-2-4-14-8-13)12(20)16-6-5-15-11(19)9(16)7-10(17)18/h9,14H,2-8H2,1H3,(H,15,19)(H,17,18). The molecule has 2 amide bonds. The number of carbonyl (C=O) groups excluding carboxylic acids is 2. The van der Waals surface area contributed by atoms with Gasteiger partial charge in [-0.3, -0.25) is 14.4 Å². The maximum atomic E-state index is 12.7. The summed E-state index contributed by atoms with van der Waals surface area (Å²) in [7, 11) is 0. The van der Waals surface area contributed by atoms with Crippen LogP contribution in [0.15, 0.2) is 0 Å². The van der Waals surface area contributed by atoms with Crippen molar-refractivity contribution >= 4 is 17.8 Å². The minimum absolute atomic E-state index is 0.120. The molecule has 2 atom stereocenters. The molecule has 0 aromatic rings. The molecule has 0 aliphatic carbocycles. The topological polar surface area (TPSA) is 98.7 Å². The molecule has 2 fully saturated rings. The molecule has 2 aliphatic heterocycles. The predicted molar refractivity (Wildman–Crippen MR) is 71.0 cm³/mol. The molecule has 2 rings (SSSR count). The molecule has 0 radical (unpaired) electrons. The highest BCUT2D eigenvalue weighted by Crippen LogP contribution is 2.29. The molecule has 0 spiro atoms. The van der Waals surface area contributed by atoms with Gasteiger partial charge in [0.05, 0.1) is 11.8 Å². The molecule has 20 heavy (non-hydrogen) atoms. The highest BCUT2D eigenvalue weighted by molar-refractivity contribution is 5.93. The summed E-state index contributed by atoms with van der Waals surface area (Å²) >= 11 is 0. The van der Waals surface area contributed by atoms with Gasteiger partial charge in [0, 0.05) is 19.6 Å². The maximum absolute atomic E-state index is 12.7. The lowest BCUT2D eigenvalue weighted by molar-refractivity contribution is -0.154. The van der Waals surface area contributed by atoms with Gasteiger partial charge in [-0.25, -0.2) is 0 Å². The van der Waals surface area contributed by atoms with Gasteiger partial charge in [0.15, 0.2) is 0 Å². The number of piperazine rings is 1. The maximum Gasteiger partial charge on any atom is 0.305 e. The third-order valence-corrected chi connectivity index (χ3v) is 4.07. The Bertz CT molecular complexity index is 418. The third-order valence-electron chi connectivity index (χ3n) is 4.07. The molecule has 2 unspecified atom stereocenters. The Kier molecular flexibility index (Phi) is 4.27. The fourth-order valence-corrected chi connectivity index (χ4v) is 2.91. The molecule has 0 saturated carbocycles. The number of carboxylic acid groups (broad SMARTS) is 1. The van der Waals surface area contributed by atoms with Crippen molar-refractivity contribution in [2.45, 2.75) is 32.2 Å². The number of hydrogen-bond acceptors (Lipinski definition) is 4. The molecule has 2 saturated heterocycles. The number of nitrogens with zero attached hydrogens (tertiary/aromatic N) is 1. The Morgan fingerprint density at radius 1 is 1.45 bits per heavy atom. The van der Waals surface area contributed by atoms with E-state index < -0.39 is 17.4 Å². The minimum Gasteiger partial charge on any atom is -0.481 e. The summed E-state index contributed by atoms with van der Waals surface area (Å²) < 4.78 is 0. The van der Waals surface area contributed by atoms with Crippen LogP contribution in [0.3, 0.4) is 0 Å². The van der Waals surface area contributed by atoms with Crippen molar-refractivity contribution in [2.24, 2.45) is 5.41 Å². The Morgan fingerprint density at radius 2 is 2.20 bits per heavy atom. The predicted octanol–water partition coefficient (Wildman–Crippen LogP) is -0.822. The number of hydrogen-bond donors (Lipinski definition) is 3. The van der Waals surface area contributed by atoms with E-state index in [9.17, 15) is 14.4 Å². The lowest BCUT2D eigenvalue weighted by Crippen LogP contribution is -2.62. The largest absolute Gasteiger partial charge is 0.481 e. The summed E-state index contributed by atoms with van der Waals surface area (Å²) in [6.45, 7) is 4.10. The number of carbonyl (C=O) groups is 3. The van der Waals surface area contributed by atoms with Gasteiger partial charge in [0.25, 0.3) is 0 Å². The molecule has 2 aliphatic rings. The zero-order chi connectivity index (χ0) is 14.8. The van der Waals surface area contributed by atoms with Crippen molar-refractivity contribution in [2.75, 3.05) is 26.2 Å². The molecular weight excluding hydrogens is 262 g/mol. The summed E-state index contributed by atoms with van der Waals surface area (Å²) in [4.78, 5) is 36.9. The Hall–Kier alpha value is -1.63. The van der Waals surface area contributed by atoms with Gasteiger partial charge in [0.2, 0.25) is 11.8 Å². The summed E-state index contributed by atoms with van der Waals surface area (Å²) in [5.41, 5.74) is -0.549. The lowest BCUT2D eigenvalue weighted by atomic mass is 9.80. The van der Waals surface area contributed by atoms with E-state index in [0.717, 1.165) is 19.4 Å². The number of piperidine rings is 1. The molecule has 0 aromatic heterocycles. The number of nitrogens with one attached hydrogen (secondary N) is 2. The molecule has 112 valence electrons. The number of amides is 2. The summed E-state index contributed by atoms with van der Waals surface area (Å²) in [5, 5.41) is 14.8. The first kappa shape index (κ1) is 14.8. The summed E-state index contributed by atoms with van der Waals surface area (Å²) in [6, 6.07) is -0.896. The molecule has 7 heteroatoms. The van der Waals surface area contributed by atoms with E-state index in [1.807, 2.05) is 6.92 Å². The number of carboxylic acids is 1. The van der Waals surface area contributed by atoms with Crippen molar-refractivity contribution in [1.82, 2.24) is 15.5 Å². The first-order valence-corrected chi connectivity index (χ1v) is 6.95. The van der Waals surface area contributed by atoms with Crippen molar-refractivity contribution in [3.63, 3.8) is 0 Å². The third kappa shape index (κ3) is 2.92. The molecule has 0 aromatic carbocycles. The highest BCUT2D eigenvalue weighted by atomic mass is 16.4. The van der Waals surface area contributed by atoms with Crippen LogP contribution in [0.5, 0.6) is 0 Å². The van der Waals surface area contributed by atoms with E-state index in [4.69, 9.17) is 5.11 Å². The number of rotatable bonds is 3. The zero-order valence-corrected chi connectivity index (χ0v) is 11.6. The first-order valence-electron chi connectivity index (χ1n) is 6.95. The van der Waals surface area contributed by atoms with Crippen LogP contribution in [-0.4, -0.2) is 60.0 Å². The van der Waals surface area contributed by atoms with Crippen LogP contribution in [0.4, 0.5) is 0 Å². The van der Waals surface area contributed by atoms with Crippen molar-refractivity contribution in [3.05, 3.63) is 0 Å². The van der Waals surface area contributed by atoms with Gasteiger partial charge in [0.1, 0.15) is 6.04 Å². The molecular formula is C13H21N3O4.